The Balaban J connectivity index is 3.13. The van der Waals surface area contributed by atoms with Gasteiger partial charge in [-0.05, 0) is 19.8 Å². The third-order valence-electron chi connectivity index (χ3n) is 1.95. The molecule has 0 aliphatic carbocycles. The second-order valence-corrected chi connectivity index (χ2v) is 3.44. The topological polar surface area (TPSA) is 38.3 Å². The largest absolute Gasteiger partial charge is 0.385 e. The lowest BCUT2D eigenvalue weighted by molar-refractivity contribution is -0.117. The zero-order valence-corrected chi connectivity index (χ0v) is 9.27. The maximum absolute atomic E-state index is 11.0. The van der Waals surface area contributed by atoms with Gasteiger partial charge in [-0.3, -0.25) is 4.79 Å². The summed E-state index contributed by atoms with van der Waals surface area (Å²) < 4.78 is 4.94. The minimum absolute atomic E-state index is 0.0399. The van der Waals surface area contributed by atoms with E-state index >= 15 is 0 Å². The maximum Gasteiger partial charge on any atom is 0.246 e. The summed E-state index contributed by atoms with van der Waals surface area (Å²) in [5.41, 5.74) is 0.574. The third-order valence-corrected chi connectivity index (χ3v) is 1.95. The van der Waals surface area contributed by atoms with Crippen LogP contribution in [-0.4, -0.2) is 26.2 Å². The van der Waals surface area contributed by atoms with E-state index in [9.17, 15) is 4.79 Å². The van der Waals surface area contributed by atoms with E-state index in [1.54, 1.807) is 14.0 Å². The third kappa shape index (κ3) is 7.80. The molecule has 0 saturated heterocycles. The molecule has 0 aromatic carbocycles. The summed E-state index contributed by atoms with van der Waals surface area (Å²) in [5.74, 6) is -0.0399. The van der Waals surface area contributed by atoms with Gasteiger partial charge >= 0.3 is 0 Å². The molecule has 82 valence electrons. The molecule has 0 saturated carbocycles. The predicted molar refractivity (Wildman–Crippen MR) is 58.2 cm³/mol. The van der Waals surface area contributed by atoms with Crippen LogP contribution < -0.4 is 5.32 Å². The van der Waals surface area contributed by atoms with Crippen LogP contribution in [0.15, 0.2) is 12.2 Å². The van der Waals surface area contributed by atoms with Gasteiger partial charge in [0.05, 0.1) is 0 Å². The van der Waals surface area contributed by atoms with Gasteiger partial charge in [0, 0.05) is 25.8 Å². The van der Waals surface area contributed by atoms with E-state index in [4.69, 9.17) is 4.74 Å². The number of hydrogen-bond acceptors (Lipinski definition) is 2. The van der Waals surface area contributed by atoms with Crippen LogP contribution >= 0.6 is 0 Å². The Labute approximate surface area is 86.5 Å². The van der Waals surface area contributed by atoms with E-state index in [0.29, 0.717) is 5.57 Å². The highest BCUT2D eigenvalue weighted by Crippen LogP contribution is 1.98. The Bertz CT molecular complexity index is 178. The monoisotopic (exact) mass is 199 g/mol. The van der Waals surface area contributed by atoms with Crippen LogP contribution in [0, 0.1) is 0 Å². The Morgan fingerprint density at radius 3 is 2.50 bits per heavy atom. The summed E-state index contributed by atoms with van der Waals surface area (Å²) >= 11 is 0. The fraction of sp³-hybridized carbons (Fsp3) is 0.727. The molecule has 0 aromatic rings. The summed E-state index contributed by atoms with van der Waals surface area (Å²) in [7, 11) is 1.72. The Morgan fingerprint density at radius 2 is 1.93 bits per heavy atom. The first-order chi connectivity index (χ1) is 6.68. The molecule has 14 heavy (non-hydrogen) atoms. The lowest BCUT2D eigenvalue weighted by atomic mass is 10.2. The first-order valence-electron chi connectivity index (χ1n) is 5.11. The second kappa shape index (κ2) is 8.75. The zero-order chi connectivity index (χ0) is 10.8. The number of carbonyl (C=O) groups excluding carboxylic acids is 1. The van der Waals surface area contributed by atoms with Crippen LogP contribution in [0.25, 0.3) is 0 Å². The number of rotatable bonds is 8. The maximum atomic E-state index is 11.0. The first kappa shape index (κ1) is 13.2. The van der Waals surface area contributed by atoms with Crippen LogP contribution in [0.3, 0.4) is 0 Å². The highest BCUT2D eigenvalue weighted by molar-refractivity contribution is 5.91. The van der Waals surface area contributed by atoms with Gasteiger partial charge in [-0.25, -0.2) is 0 Å². The van der Waals surface area contributed by atoms with Crippen LogP contribution in [0.1, 0.15) is 32.6 Å². The predicted octanol–water partition coefficient (Wildman–Crippen LogP) is 1.89. The van der Waals surface area contributed by atoms with Crippen molar-refractivity contribution in [3.63, 3.8) is 0 Å². The Kier molecular flexibility index (Phi) is 8.24. The lowest BCUT2D eigenvalue weighted by Gasteiger charge is -2.04. The fourth-order valence-corrected chi connectivity index (χ4v) is 1.08. The Hall–Kier alpha value is -0.830. The molecule has 1 N–H and O–H groups in total. The number of carbonyl (C=O) groups is 1. The molecule has 0 fully saturated rings. The highest BCUT2D eigenvalue weighted by atomic mass is 16.5. The van der Waals surface area contributed by atoms with Crippen molar-refractivity contribution in [1.82, 2.24) is 5.32 Å². The molecule has 3 heteroatoms. The molecular weight excluding hydrogens is 178 g/mol. The van der Waals surface area contributed by atoms with E-state index in [1.165, 1.54) is 0 Å². The van der Waals surface area contributed by atoms with Crippen molar-refractivity contribution < 1.29 is 9.53 Å². The molecular formula is C11H21NO2. The van der Waals surface area contributed by atoms with Gasteiger partial charge in [-0.15, -0.1) is 0 Å². The number of ether oxygens (including phenoxy) is 1. The van der Waals surface area contributed by atoms with Crippen molar-refractivity contribution in [3.05, 3.63) is 12.2 Å². The van der Waals surface area contributed by atoms with Gasteiger partial charge < -0.3 is 10.1 Å². The van der Waals surface area contributed by atoms with E-state index in [0.717, 1.165) is 38.8 Å². The van der Waals surface area contributed by atoms with Crippen LogP contribution in [0.5, 0.6) is 0 Å². The normalized spacial score (nSPS) is 9.86. The molecule has 3 nitrogen and oxygen atoms in total. The summed E-state index contributed by atoms with van der Waals surface area (Å²) in [6.07, 6.45) is 4.43. The standard InChI is InChI=1S/C11H21NO2/c1-10(2)11(13)12-8-6-4-5-7-9-14-3/h1,4-9H2,2-3H3,(H,12,13). The number of unbranched alkanes of at least 4 members (excludes halogenated alkanes) is 3. The number of hydrogen-bond donors (Lipinski definition) is 1. The van der Waals surface area contributed by atoms with Crippen molar-refractivity contribution in [2.24, 2.45) is 0 Å². The van der Waals surface area contributed by atoms with Gasteiger partial charge in [0.1, 0.15) is 0 Å². The molecule has 0 aliphatic heterocycles. The molecule has 0 heterocycles. The quantitative estimate of drug-likeness (QED) is 0.479. The number of methoxy groups -OCH3 is 1. The van der Waals surface area contributed by atoms with Crippen molar-refractivity contribution in [3.8, 4) is 0 Å². The summed E-state index contributed by atoms with van der Waals surface area (Å²) in [5, 5.41) is 2.80. The van der Waals surface area contributed by atoms with Gasteiger partial charge in [0.25, 0.3) is 0 Å². The molecule has 0 aliphatic rings. The average molecular weight is 199 g/mol. The van der Waals surface area contributed by atoms with Crippen LogP contribution in [-0.2, 0) is 9.53 Å². The molecule has 0 unspecified atom stereocenters. The van der Waals surface area contributed by atoms with Crippen molar-refractivity contribution in [1.29, 1.82) is 0 Å². The fourth-order valence-electron chi connectivity index (χ4n) is 1.08. The van der Waals surface area contributed by atoms with E-state index in [-0.39, 0.29) is 5.91 Å². The summed E-state index contributed by atoms with van der Waals surface area (Å²) in [6, 6.07) is 0. The molecule has 0 spiro atoms. The smallest absolute Gasteiger partial charge is 0.246 e. The van der Waals surface area contributed by atoms with E-state index < -0.39 is 0 Å². The van der Waals surface area contributed by atoms with Crippen molar-refractivity contribution >= 4 is 5.91 Å². The molecule has 0 atom stereocenters. The average Bonchev–Trinajstić information content (AvgIpc) is 2.16. The molecule has 0 aromatic heterocycles. The molecule has 0 rings (SSSR count). The summed E-state index contributed by atoms with van der Waals surface area (Å²) in [6.45, 7) is 6.86. The highest BCUT2D eigenvalue weighted by Gasteiger charge is 1.98. The van der Waals surface area contributed by atoms with Crippen molar-refractivity contribution in [2.75, 3.05) is 20.3 Å². The summed E-state index contributed by atoms with van der Waals surface area (Å²) in [4.78, 5) is 11.0. The lowest BCUT2D eigenvalue weighted by Crippen LogP contribution is -2.24. The molecule has 0 radical (unpaired) electrons. The molecule has 0 bridgehead atoms. The SMILES string of the molecule is C=C(C)C(=O)NCCCCCCOC. The zero-order valence-electron chi connectivity index (χ0n) is 9.27. The van der Waals surface area contributed by atoms with Crippen molar-refractivity contribution in [2.45, 2.75) is 32.6 Å². The molecule has 1 amide bonds. The minimum atomic E-state index is -0.0399. The van der Waals surface area contributed by atoms with E-state index in [1.807, 2.05) is 0 Å². The van der Waals surface area contributed by atoms with Gasteiger partial charge in [-0.2, -0.15) is 0 Å². The van der Waals surface area contributed by atoms with Crippen LogP contribution in [0.2, 0.25) is 0 Å². The Morgan fingerprint density at radius 1 is 1.29 bits per heavy atom. The van der Waals surface area contributed by atoms with Gasteiger partial charge in [-0.1, -0.05) is 19.4 Å². The first-order valence-corrected chi connectivity index (χ1v) is 5.11. The minimum Gasteiger partial charge on any atom is -0.385 e. The second-order valence-electron chi connectivity index (χ2n) is 3.44. The van der Waals surface area contributed by atoms with E-state index in [2.05, 4.69) is 11.9 Å². The van der Waals surface area contributed by atoms with Crippen LogP contribution in [0.4, 0.5) is 0 Å². The number of nitrogens with one attached hydrogen (secondary N) is 1. The number of amides is 1. The van der Waals surface area contributed by atoms with Gasteiger partial charge in [0.2, 0.25) is 5.91 Å². The van der Waals surface area contributed by atoms with Gasteiger partial charge in [0.15, 0.2) is 0 Å².